The average Bonchev–Trinajstić information content (AvgIpc) is 3.10. The van der Waals surface area contributed by atoms with E-state index in [-0.39, 0.29) is 5.91 Å². The molecule has 0 aromatic carbocycles. The molecule has 1 saturated heterocycles. The Morgan fingerprint density at radius 3 is 2.68 bits per heavy atom. The van der Waals surface area contributed by atoms with E-state index in [9.17, 15) is 4.79 Å². The van der Waals surface area contributed by atoms with Crippen molar-refractivity contribution in [3.63, 3.8) is 0 Å². The van der Waals surface area contributed by atoms with E-state index in [1.165, 1.54) is 62.8 Å². The first-order chi connectivity index (χ1) is 9.25. The molecular formula is C14H21N3OS. The second-order valence-corrected chi connectivity index (χ2v) is 6.68. The Bertz CT molecular complexity index is 453. The number of carbonyl (C=O) groups excluding carboxylic acids is 1. The van der Waals surface area contributed by atoms with E-state index in [2.05, 4.69) is 9.88 Å². The first kappa shape index (κ1) is 13.1. The highest BCUT2D eigenvalue weighted by molar-refractivity contribution is 7.13. The first-order valence-corrected chi connectivity index (χ1v) is 8.08. The molecule has 2 fully saturated rings. The Balaban J connectivity index is 1.80. The van der Waals surface area contributed by atoms with E-state index < -0.39 is 0 Å². The Morgan fingerprint density at radius 2 is 2.00 bits per heavy atom. The summed E-state index contributed by atoms with van der Waals surface area (Å²) in [5.41, 5.74) is 5.33. The third-order valence-corrected chi connectivity index (χ3v) is 5.50. The normalized spacial score (nSPS) is 25.8. The topological polar surface area (TPSA) is 59.2 Å². The van der Waals surface area contributed by atoms with Crippen LogP contribution >= 0.6 is 11.3 Å². The number of piperidine rings is 1. The fourth-order valence-electron chi connectivity index (χ4n) is 3.45. The number of primary amides is 1. The third kappa shape index (κ3) is 2.67. The van der Waals surface area contributed by atoms with E-state index in [1.54, 1.807) is 6.20 Å². The zero-order valence-corrected chi connectivity index (χ0v) is 12.0. The summed E-state index contributed by atoms with van der Waals surface area (Å²) in [5.74, 6) is -0.355. The van der Waals surface area contributed by atoms with Crippen LogP contribution in [0.2, 0.25) is 0 Å². The summed E-state index contributed by atoms with van der Waals surface area (Å²) in [5, 5.41) is 1.08. The van der Waals surface area contributed by atoms with E-state index >= 15 is 0 Å². The van der Waals surface area contributed by atoms with Gasteiger partial charge < -0.3 is 5.73 Å². The van der Waals surface area contributed by atoms with Crippen molar-refractivity contribution in [2.75, 3.05) is 6.54 Å². The summed E-state index contributed by atoms with van der Waals surface area (Å²) in [6.45, 7) is 1.18. The third-order valence-electron chi connectivity index (χ3n) is 4.39. The fraction of sp³-hybridized carbons (Fsp3) is 0.714. The van der Waals surface area contributed by atoms with Gasteiger partial charge >= 0.3 is 0 Å². The highest BCUT2D eigenvalue weighted by atomic mass is 32.1. The van der Waals surface area contributed by atoms with Crippen LogP contribution in [0.3, 0.4) is 0 Å². The van der Waals surface area contributed by atoms with Gasteiger partial charge in [0.1, 0.15) is 9.88 Å². The summed E-state index contributed by atoms with van der Waals surface area (Å²) < 4.78 is 0. The van der Waals surface area contributed by atoms with Crippen molar-refractivity contribution >= 4 is 17.2 Å². The maximum absolute atomic E-state index is 11.2. The van der Waals surface area contributed by atoms with E-state index in [0.29, 0.717) is 10.9 Å². The van der Waals surface area contributed by atoms with Gasteiger partial charge in [0.15, 0.2) is 0 Å². The van der Waals surface area contributed by atoms with Crippen LogP contribution in [-0.4, -0.2) is 28.4 Å². The van der Waals surface area contributed by atoms with Crippen LogP contribution in [0.5, 0.6) is 0 Å². The number of amides is 1. The Labute approximate surface area is 118 Å². The average molecular weight is 279 g/mol. The Hall–Kier alpha value is -0.940. The number of thiazole rings is 1. The largest absolute Gasteiger partial charge is 0.365 e. The number of rotatable bonds is 3. The zero-order chi connectivity index (χ0) is 13.2. The molecule has 1 aromatic rings. The van der Waals surface area contributed by atoms with Gasteiger partial charge in [0.2, 0.25) is 0 Å². The minimum atomic E-state index is -0.355. The fourth-order valence-corrected chi connectivity index (χ4v) is 4.37. The number of nitrogens with two attached hydrogens (primary N) is 1. The van der Waals surface area contributed by atoms with Crippen molar-refractivity contribution in [3.8, 4) is 0 Å². The zero-order valence-electron chi connectivity index (χ0n) is 11.2. The molecule has 19 heavy (non-hydrogen) atoms. The predicted molar refractivity (Wildman–Crippen MR) is 76.2 cm³/mol. The molecule has 0 radical (unpaired) electrons. The van der Waals surface area contributed by atoms with E-state index in [1.807, 2.05) is 0 Å². The molecule has 1 aromatic heterocycles. The molecule has 5 heteroatoms. The number of nitrogens with zero attached hydrogens (tertiary/aromatic N) is 2. The molecule has 2 heterocycles. The SMILES string of the molecule is NC(=O)c1cnc([C@@H]2CCCCN2C2CCCC2)s1. The van der Waals surface area contributed by atoms with Gasteiger partial charge in [-0.1, -0.05) is 19.3 Å². The van der Waals surface area contributed by atoms with Crippen LogP contribution in [0.25, 0.3) is 0 Å². The second-order valence-electron chi connectivity index (χ2n) is 5.61. The molecule has 4 nitrogen and oxygen atoms in total. The van der Waals surface area contributed by atoms with Crippen molar-refractivity contribution in [3.05, 3.63) is 16.1 Å². The molecule has 1 aliphatic heterocycles. The number of hydrogen-bond acceptors (Lipinski definition) is 4. The molecule has 2 aliphatic rings. The summed E-state index contributed by atoms with van der Waals surface area (Å²) in [4.78, 5) is 18.9. The Kier molecular flexibility index (Phi) is 3.84. The second kappa shape index (κ2) is 5.59. The lowest BCUT2D eigenvalue weighted by Crippen LogP contribution is -2.40. The Morgan fingerprint density at radius 1 is 1.26 bits per heavy atom. The smallest absolute Gasteiger partial charge is 0.260 e. The molecule has 104 valence electrons. The number of aromatic nitrogens is 1. The molecular weight excluding hydrogens is 258 g/mol. The van der Waals surface area contributed by atoms with Gasteiger partial charge in [-0.05, 0) is 32.2 Å². The van der Waals surface area contributed by atoms with Gasteiger partial charge in [-0.25, -0.2) is 4.98 Å². The van der Waals surface area contributed by atoms with Gasteiger partial charge in [-0.15, -0.1) is 11.3 Å². The lowest BCUT2D eigenvalue weighted by atomic mass is 9.99. The standard InChI is InChI=1S/C14H21N3OS/c15-13(18)12-9-16-14(19-12)11-7-3-4-8-17(11)10-5-1-2-6-10/h9-11H,1-8H2,(H2,15,18)/t11-/m0/s1. The maximum atomic E-state index is 11.2. The van der Waals surface area contributed by atoms with Crippen LogP contribution < -0.4 is 5.73 Å². The minimum absolute atomic E-state index is 0.355. The lowest BCUT2D eigenvalue weighted by molar-refractivity contribution is 0.0967. The van der Waals surface area contributed by atoms with E-state index in [0.717, 1.165) is 11.0 Å². The van der Waals surface area contributed by atoms with Crippen molar-refractivity contribution in [2.45, 2.75) is 57.0 Å². The number of hydrogen-bond donors (Lipinski definition) is 1. The minimum Gasteiger partial charge on any atom is -0.365 e. The van der Waals surface area contributed by atoms with Gasteiger partial charge in [0.05, 0.1) is 12.2 Å². The highest BCUT2D eigenvalue weighted by Gasteiger charge is 2.33. The lowest BCUT2D eigenvalue weighted by Gasteiger charge is -2.38. The molecule has 1 saturated carbocycles. The molecule has 0 spiro atoms. The van der Waals surface area contributed by atoms with Gasteiger partial charge in [0.25, 0.3) is 5.91 Å². The maximum Gasteiger partial charge on any atom is 0.260 e. The monoisotopic (exact) mass is 279 g/mol. The molecule has 1 atom stereocenters. The van der Waals surface area contributed by atoms with Crippen LogP contribution in [0.1, 0.15) is 65.7 Å². The predicted octanol–water partition coefficient (Wildman–Crippen LogP) is 2.71. The van der Waals surface area contributed by atoms with Gasteiger partial charge in [-0.2, -0.15) is 0 Å². The molecule has 3 rings (SSSR count). The van der Waals surface area contributed by atoms with E-state index in [4.69, 9.17) is 5.73 Å². The highest BCUT2D eigenvalue weighted by Crippen LogP contribution is 2.38. The van der Waals surface area contributed by atoms with Gasteiger partial charge in [0, 0.05) is 6.04 Å². The number of carbonyl (C=O) groups is 1. The summed E-state index contributed by atoms with van der Waals surface area (Å²) in [6.07, 6.45) is 10.7. The van der Waals surface area contributed by atoms with Crippen molar-refractivity contribution < 1.29 is 4.79 Å². The quantitative estimate of drug-likeness (QED) is 0.925. The van der Waals surface area contributed by atoms with Crippen molar-refractivity contribution in [2.24, 2.45) is 5.73 Å². The van der Waals surface area contributed by atoms with Crippen LogP contribution in [-0.2, 0) is 0 Å². The van der Waals surface area contributed by atoms with Crippen LogP contribution in [0, 0.1) is 0 Å². The van der Waals surface area contributed by atoms with Crippen molar-refractivity contribution in [1.82, 2.24) is 9.88 Å². The summed E-state index contributed by atoms with van der Waals surface area (Å²) in [6, 6.07) is 1.14. The van der Waals surface area contributed by atoms with Gasteiger partial charge in [-0.3, -0.25) is 9.69 Å². The van der Waals surface area contributed by atoms with Crippen LogP contribution in [0.15, 0.2) is 6.20 Å². The van der Waals surface area contributed by atoms with Crippen LogP contribution in [0.4, 0.5) is 0 Å². The van der Waals surface area contributed by atoms with Crippen molar-refractivity contribution in [1.29, 1.82) is 0 Å². The number of likely N-dealkylation sites (tertiary alicyclic amines) is 1. The summed E-state index contributed by atoms with van der Waals surface area (Å²) >= 11 is 1.48. The molecule has 1 aliphatic carbocycles. The molecule has 0 unspecified atom stereocenters. The molecule has 1 amide bonds. The molecule has 2 N–H and O–H groups in total. The summed E-state index contributed by atoms with van der Waals surface area (Å²) in [7, 11) is 0. The molecule has 0 bridgehead atoms. The first-order valence-electron chi connectivity index (χ1n) is 7.27.